The Morgan fingerprint density at radius 3 is 2.20 bits per heavy atom. The van der Waals surface area contributed by atoms with Crippen molar-refractivity contribution in [2.45, 2.75) is 85.0 Å². The van der Waals surface area contributed by atoms with Gasteiger partial charge >= 0.3 is 6.09 Å². The highest BCUT2D eigenvalue weighted by Gasteiger charge is 2.37. The third-order valence-electron chi connectivity index (χ3n) is 8.19. The molecule has 1 N–H and O–H groups in total. The molecule has 2 aliphatic rings. The van der Waals surface area contributed by atoms with Gasteiger partial charge in [-0.1, -0.05) is 44.2 Å². The first-order valence-electron chi connectivity index (χ1n) is 15.9. The largest absolute Gasteiger partial charge is 0.478 e. The second-order valence-electron chi connectivity index (χ2n) is 13.8. The lowest BCUT2D eigenvalue weighted by atomic mass is 9.96. The van der Waals surface area contributed by atoms with E-state index in [1.165, 1.54) is 5.56 Å². The van der Waals surface area contributed by atoms with Crippen LogP contribution in [0.5, 0.6) is 5.75 Å². The van der Waals surface area contributed by atoms with Crippen molar-refractivity contribution in [1.82, 2.24) is 15.1 Å². The third kappa shape index (κ3) is 8.89. The predicted molar refractivity (Wildman–Crippen MR) is 173 cm³/mol. The molecule has 2 aliphatic heterocycles. The molecule has 240 valence electrons. The Morgan fingerprint density at radius 2 is 1.57 bits per heavy atom. The fourth-order valence-corrected chi connectivity index (χ4v) is 5.66. The fourth-order valence-electron chi connectivity index (χ4n) is 5.66. The fraction of sp³-hybridized carbons (Fsp3) is 0.571. The molecule has 0 aromatic heterocycles. The number of hydrogen-bond acceptors (Lipinski definition) is 6. The summed E-state index contributed by atoms with van der Waals surface area (Å²) >= 11 is 0. The van der Waals surface area contributed by atoms with E-state index in [4.69, 9.17) is 9.47 Å². The summed E-state index contributed by atoms with van der Waals surface area (Å²) in [6, 6.07) is 16.2. The molecule has 0 bridgehead atoms. The van der Waals surface area contributed by atoms with Crippen LogP contribution < -0.4 is 15.0 Å². The Kier molecular flexibility index (Phi) is 10.5. The number of ether oxygens (including phenoxy) is 2. The molecule has 2 aromatic rings. The van der Waals surface area contributed by atoms with Crippen molar-refractivity contribution < 1.29 is 23.9 Å². The highest BCUT2D eigenvalue weighted by atomic mass is 16.6. The smallest absolute Gasteiger partial charge is 0.410 e. The molecule has 9 nitrogen and oxygen atoms in total. The maximum atomic E-state index is 13.5. The first kappa shape index (κ1) is 33.1. The van der Waals surface area contributed by atoms with E-state index in [0.717, 1.165) is 30.6 Å². The maximum absolute atomic E-state index is 13.5. The summed E-state index contributed by atoms with van der Waals surface area (Å²) in [7, 11) is 0. The third-order valence-corrected chi connectivity index (χ3v) is 8.19. The second-order valence-corrected chi connectivity index (χ2v) is 13.8. The van der Waals surface area contributed by atoms with E-state index < -0.39 is 11.2 Å². The average Bonchev–Trinajstić information content (AvgIpc) is 2.99. The van der Waals surface area contributed by atoms with E-state index in [-0.39, 0.29) is 23.8 Å². The normalized spacial score (nSPS) is 17.8. The van der Waals surface area contributed by atoms with Crippen molar-refractivity contribution in [2.75, 3.05) is 44.2 Å². The van der Waals surface area contributed by atoms with Crippen molar-refractivity contribution in [3.8, 4) is 5.75 Å². The summed E-state index contributed by atoms with van der Waals surface area (Å²) in [6.07, 6.45) is 1.42. The molecular formula is C35H50N4O5. The summed E-state index contributed by atoms with van der Waals surface area (Å²) < 4.78 is 11.7. The van der Waals surface area contributed by atoms with E-state index in [0.29, 0.717) is 50.9 Å². The minimum Gasteiger partial charge on any atom is -0.478 e. The van der Waals surface area contributed by atoms with E-state index in [2.05, 4.69) is 48.3 Å². The molecule has 9 heteroatoms. The summed E-state index contributed by atoms with van der Waals surface area (Å²) in [5, 5.41) is 3.13. The van der Waals surface area contributed by atoms with Crippen LogP contribution in [-0.4, -0.2) is 78.2 Å². The first-order chi connectivity index (χ1) is 20.7. The van der Waals surface area contributed by atoms with Crippen LogP contribution in [0.1, 0.15) is 78.4 Å². The molecule has 0 radical (unpaired) electrons. The Morgan fingerprint density at radius 1 is 0.909 bits per heavy atom. The molecule has 0 unspecified atom stereocenters. The molecule has 0 aliphatic carbocycles. The number of nitrogens with one attached hydrogen (secondary N) is 1. The highest BCUT2D eigenvalue weighted by Crippen LogP contribution is 2.29. The number of nitrogens with zero attached hydrogens (tertiary/aromatic N) is 3. The van der Waals surface area contributed by atoms with Crippen LogP contribution in [0.2, 0.25) is 0 Å². The van der Waals surface area contributed by atoms with Crippen LogP contribution in [0, 0.1) is 5.92 Å². The van der Waals surface area contributed by atoms with Gasteiger partial charge < -0.3 is 29.5 Å². The molecule has 2 fully saturated rings. The summed E-state index contributed by atoms with van der Waals surface area (Å²) in [5.74, 6) is 0.940. The minimum atomic E-state index is -1.09. The lowest BCUT2D eigenvalue weighted by Gasteiger charge is -2.39. The van der Waals surface area contributed by atoms with E-state index in [9.17, 15) is 14.4 Å². The zero-order valence-electron chi connectivity index (χ0n) is 27.5. The Bertz CT molecular complexity index is 1290. The predicted octanol–water partition coefficient (Wildman–Crippen LogP) is 5.58. The van der Waals surface area contributed by atoms with E-state index in [1.807, 2.05) is 45.0 Å². The molecule has 0 spiro atoms. The lowest BCUT2D eigenvalue weighted by Crippen LogP contribution is -2.57. The molecule has 0 saturated carbocycles. The quantitative estimate of drug-likeness (QED) is 0.422. The number of hydrogen-bond donors (Lipinski definition) is 1. The van der Waals surface area contributed by atoms with Crippen LogP contribution in [0.15, 0.2) is 48.5 Å². The topological polar surface area (TPSA) is 91.4 Å². The number of rotatable bonds is 8. The molecule has 44 heavy (non-hydrogen) atoms. The number of piperidine rings is 1. The van der Waals surface area contributed by atoms with Gasteiger partial charge in [-0.15, -0.1) is 0 Å². The Hall–Kier alpha value is -3.75. The maximum Gasteiger partial charge on any atom is 0.410 e. The molecule has 4 rings (SSSR count). The molecule has 2 aromatic carbocycles. The van der Waals surface area contributed by atoms with Gasteiger partial charge in [0, 0.05) is 57.6 Å². The number of carbonyl (C=O) groups excluding carboxylic acids is 3. The van der Waals surface area contributed by atoms with Gasteiger partial charge in [0.1, 0.15) is 11.4 Å². The number of benzene rings is 2. The highest BCUT2D eigenvalue weighted by molar-refractivity contribution is 5.85. The molecule has 2 saturated heterocycles. The van der Waals surface area contributed by atoms with Crippen LogP contribution in [0.4, 0.5) is 10.5 Å². The number of carbonyl (C=O) groups is 3. The van der Waals surface area contributed by atoms with Crippen molar-refractivity contribution in [3.05, 3.63) is 59.7 Å². The first-order valence-corrected chi connectivity index (χ1v) is 15.9. The Labute approximate surface area is 262 Å². The van der Waals surface area contributed by atoms with Crippen LogP contribution >= 0.6 is 0 Å². The van der Waals surface area contributed by atoms with Gasteiger partial charge in [-0.3, -0.25) is 9.59 Å². The molecule has 1 atom stereocenters. The Balaban J connectivity index is 1.30. The van der Waals surface area contributed by atoms with Gasteiger partial charge in [-0.2, -0.15) is 0 Å². The van der Waals surface area contributed by atoms with Crippen LogP contribution in [0.3, 0.4) is 0 Å². The van der Waals surface area contributed by atoms with E-state index in [1.54, 1.807) is 23.6 Å². The van der Waals surface area contributed by atoms with Crippen molar-refractivity contribution in [2.24, 2.45) is 5.92 Å². The zero-order chi connectivity index (χ0) is 32.1. The SMILES string of the molecule is CC(C)c1ccc(CNC(=O)[C@H]2CCCN(c3cccc(OC(C)(C)C(=O)N4CCN(C(=O)OC(C)(C)C)CC4)c3)C2)cc1. The van der Waals surface area contributed by atoms with Crippen molar-refractivity contribution >= 4 is 23.6 Å². The molecule has 3 amide bonds. The zero-order valence-corrected chi connectivity index (χ0v) is 27.5. The van der Waals surface area contributed by atoms with Gasteiger partial charge in [-0.25, -0.2) is 4.79 Å². The standard InChI is InChI=1S/C35H50N4O5/c1-25(2)27-15-13-26(14-16-27)23-36-31(40)28-10-9-17-39(24-28)29-11-8-12-30(22-29)43-35(6,7)32(41)37-18-20-38(21-19-37)33(42)44-34(3,4)5/h8,11-16,22,25,28H,9-10,17-21,23-24H2,1-7H3,(H,36,40)/t28-/m0/s1. The van der Waals surface area contributed by atoms with Gasteiger partial charge in [0.15, 0.2) is 5.60 Å². The van der Waals surface area contributed by atoms with Crippen LogP contribution in [0.25, 0.3) is 0 Å². The molecular weight excluding hydrogens is 556 g/mol. The lowest BCUT2D eigenvalue weighted by molar-refractivity contribution is -0.147. The monoisotopic (exact) mass is 606 g/mol. The average molecular weight is 607 g/mol. The minimum absolute atomic E-state index is 0.0773. The number of piperazine rings is 1. The van der Waals surface area contributed by atoms with Gasteiger partial charge in [0.05, 0.1) is 5.92 Å². The summed E-state index contributed by atoms with van der Waals surface area (Å²) in [5.41, 5.74) is 1.71. The molecule has 2 heterocycles. The summed E-state index contributed by atoms with van der Waals surface area (Å²) in [4.78, 5) is 44.6. The van der Waals surface area contributed by atoms with Gasteiger partial charge in [0.25, 0.3) is 5.91 Å². The van der Waals surface area contributed by atoms with Gasteiger partial charge in [0.2, 0.25) is 5.91 Å². The van der Waals surface area contributed by atoms with E-state index >= 15 is 0 Å². The summed E-state index contributed by atoms with van der Waals surface area (Å²) in [6.45, 7) is 17.1. The van der Waals surface area contributed by atoms with Gasteiger partial charge in [-0.05, 0) is 76.6 Å². The van der Waals surface area contributed by atoms with Crippen LogP contribution in [-0.2, 0) is 20.9 Å². The van der Waals surface area contributed by atoms with Crippen molar-refractivity contribution in [3.63, 3.8) is 0 Å². The number of amides is 3. The number of anilines is 1. The second kappa shape index (κ2) is 13.9. The van der Waals surface area contributed by atoms with Crippen molar-refractivity contribution in [1.29, 1.82) is 0 Å².